The molecule has 24 heteroatoms. The van der Waals surface area contributed by atoms with Gasteiger partial charge in [0.1, 0.15) is 17.2 Å². The molecule has 0 aromatic heterocycles. The molecule has 0 atom stereocenters. The van der Waals surface area contributed by atoms with Crippen molar-refractivity contribution in [2.45, 2.75) is 109 Å². The minimum absolute atomic E-state index is 0.00999. The summed E-state index contributed by atoms with van der Waals surface area (Å²) in [5, 5.41) is 44.4. The van der Waals surface area contributed by atoms with Crippen molar-refractivity contribution in [3.63, 3.8) is 0 Å². The molecule has 0 unspecified atom stereocenters. The smallest absolute Gasteiger partial charge is 0.508 e. The molecule has 0 heterocycles. The summed E-state index contributed by atoms with van der Waals surface area (Å²) in [6, 6.07) is 27.0. The zero-order valence-corrected chi connectivity index (χ0v) is 52.1. The lowest BCUT2D eigenvalue weighted by molar-refractivity contribution is -0.148. The van der Waals surface area contributed by atoms with E-state index >= 15 is 0 Å². The number of hydrogen-bond acceptors (Lipinski definition) is 13. The number of carboxylic acid groups (broad SMARTS) is 2. The van der Waals surface area contributed by atoms with Gasteiger partial charge < -0.3 is 30.3 Å². The summed E-state index contributed by atoms with van der Waals surface area (Å²) in [5.74, 6) is -0.966. The number of hydrogen-bond donors (Lipinski definition) is 5. The lowest BCUT2D eigenvalue weighted by atomic mass is 9.76. The number of rotatable bonds is 14. The van der Waals surface area contributed by atoms with Gasteiger partial charge >= 0.3 is 23.3 Å². The highest BCUT2D eigenvalue weighted by molar-refractivity contribution is 8.26. The van der Waals surface area contributed by atoms with Gasteiger partial charge in [-0.3, -0.25) is 38.4 Å². The summed E-state index contributed by atoms with van der Waals surface area (Å²) in [5.41, 5.74) is 3.42. The van der Waals surface area contributed by atoms with Gasteiger partial charge in [-0.05, 0) is 204 Å². The van der Waals surface area contributed by atoms with Crippen molar-refractivity contribution < 1.29 is 72.8 Å². The maximum Gasteiger partial charge on any atom is 0.643 e. The Morgan fingerprint density at radius 2 is 0.646 bits per heavy atom. The van der Waals surface area contributed by atoms with E-state index in [0.717, 1.165) is 37.0 Å². The summed E-state index contributed by atoms with van der Waals surface area (Å²) >= 11 is 8.93. The molecule has 0 amide bonds. The first kappa shape index (κ1) is 72.2. The average Bonchev–Trinajstić information content (AvgIpc) is 3.49. The van der Waals surface area contributed by atoms with E-state index < -0.39 is 32.5 Å². The minimum Gasteiger partial charge on any atom is -0.508 e. The molecule has 4 saturated carbocycles. The number of carbonyl (C=O) groups excluding carboxylic acids is 6. The average molecular weight is 1310 g/mol. The van der Waals surface area contributed by atoms with Crippen LogP contribution in [0.2, 0.25) is 0 Å². The first-order valence-corrected chi connectivity index (χ1v) is 35.2. The summed E-state index contributed by atoms with van der Waals surface area (Å²) in [6.07, 6.45) is 10.6. The van der Waals surface area contributed by atoms with E-state index in [1.807, 2.05) is 0 Å². The van der Waals surface area contributed by atoms with Gasteiger partial charge in [0.05, 0.1) is 25.6 Å². The molecule has 4 fully saturated rings. The van der Waals surface area contributed by atoms with E-state index in [9.17, 15) is 48.6 Å². The molecule has 5 N–H and O–H groups in total. The Balaban J connectivity index is 0.000000287. The highest BCUT2D eigenvalue weighted by Crippen LogP contribution is 2.36. The van der Waals surface area contributed by atoms with Crippen molar-refractivity contribution in [1.82, 2.24) is 0 Å². The molecule has 0 radical (unpaired) electrons. The molecular weight excluding hydrogens is 1240 g/mol. The Morgan fingerprint density at radius 3 is 0.854 bits per heavy atom. The van der Waals surface area contributed by atoms with Crippen LogP contribution in [0.15, 0.2) is 97.1 Å². The maximum absolute atomic E-state index is 12.7. The number of ether oxygens (including phenoxy) is 1. The number of benzene rings is 4. The zero-order valence-electron chi connectivity index (χ0n) is 44.8. The van der Waals surface area contributed by atoms with E-state index in [1.54, 1.807) is 79.9 Å². The largest absolute Gasteiger partial charge is 0.643 e. The summed E-state index contributed by atoms with van der Waals surface area (Å²) in [6.45, 7) is -0.0208. The van der Waals surface area contributed by atoms with Crippen molar-refractivity contribution in [1.29, 1.82) is 0 Å². The number of aromatic hydroxyl groups is 2. The quantitative estimate of drug-likeness (QED) is 0.0446. The second-order valence-corrected chi connectivity index (χ2v) is 29.7. The highest BCUT2D eigenvalue weighted by atomic mass is 36.0. The van der Waals surface area contributed by atoms with Crippen LogP contribution in [0.4, 0.5) is 0 Å². The van der Waals surface area contributed by atoms with E-state index in [4.69, 9.17) is 77.6 Å². The van der Waals surface area contributed by atoms with Gasteiger partial charge in [0.2, 0.25) is 19.7 Å². The first-order valence-electron chi connectivity index (χ1n) is 26.4. The minimum atomic E-state index is -1.72. The molecule has 0 spiro atoms. The third-order valence-corrected chi connectivity index (χ3v) is 15.4. The molecule has 4 aliphatic carbocycles. The molecule has 446 valence electrons. The van der Waals surface area contributed by atoms with Crippen LogP contribution in [0.3, 0.4) is 0 Å². The fourth-order valence-electron chi connectivity index (χ4n) is 10.1. The van der Waals surface area contributed by atoms with Crippen LogP contribution < -0.4 is 4.74 Å². The number of carbonyl (C=O) groups is 8. The molecule has 8 rings (SSSR count). The summed E-state index contributed by atoms with van der Waals surface area (Å²) < 4.78 is 14.2. The van der Waals surface area contributed by atoms with Gasteiger partial charge in [0.25, 0.3) is 0 Å². The molecule has 0 bridgehead atoms. The summed E-state index contributed by atoms with van der Waals surface area (Å²) in [7, 11) is 23.8. The topological polar surface area (TPSA) is 264 Å². The van der Waals surface area contributed by atoms with Gasteiger partial charge in [0, 0.05) is 79.1 Å². The lowest BCUT2D eigenvalue weighted by Gasteiger charge is -2.27. The fourth-order valence-corrected chi connectivity index (χ4v) is 10.5. The Kier molecular flexibility index (Phi) is 33.5. The molecule has 15 nitrogen and oxygen atoms in total. The van der Waals surface area contributed by atoms with Crippen molar-refractivity contribution in [3.8, 4) is 17.2 Å². The van der Waals surface area contributed by atoms with Gasteiger partial charge in [-0.15, -0.1) is 0 Å². The van der Waals surface area contributed by atoms with Crippen LogP contribution in [-0.2, 0) is 35.0 Å². The van der Waals surface area contributed by atoms with Crippen LogP contribution in [-0.4, -0.2) is 93.8 Å². The van der Waals surface area contributed by atoms with E-state index in [-0.39, 0.29) is 99.1 Å². The number of ketones is 4. The normalized spacial score (nSPS) is 21.7. The Morgan fingerprint density at radius 1 is 0.439 bits per heavy atom. The van der Waals surface area contributed by atoms with Crippen LogP contribution in [0, 0.1) is 47.3 Å². The van der Waals surface area contributed by atoms with Gasteiger partial charge in [-0.2, -0.15) is 0 Å². The van der Waals surface area contributed by atoms with Crippen LogP contribution in [0.25, 0.3) is 0 Å². The third-order valence-electron chi connectivity index (χ3n) is 14.8. The molecule has 82 heavy (non-hydrogen) atoms. The SMILES string of the molecule is COc1ccc(C(=O)C2CCC(C(=O)c3ccc(CO)cc3)CC2)cc1.O=C(Cl)C1CCC(C(=O)Cl)CC1.O=C(O)C1CCC(C(=O)O)CC1.O=C(c1ccc(O)cc1)C1CCC(C(=O)c2ccc(O)cc2)CC1.O=S(Cl)Cl.[Cl][Al]([Cl])[Cl]. The van der Waals surface area contributed by atoms with Gasteiger partial charge in [-0.25, -0.2) is 34.4 Å². The zero-order chi connectivity index (χ0) is 61.1. The Hall–Kier alpha value is -4.09. The van der Waals surface area contributed by atoms with E-state index in [0.29, 0.717) is 99.3 Å². The van der Waals surface area contributed by atoms with Crippen molar-refractivity contribution in [2.75, 3.05) is 7.11 Å². The molecule has 4 aliphatic rings. The fraction of sp³-hybridized carbons (Fsp3) is 0.448. The van der Waals surface area contributed by atoms with E-state index in [1.165, 1.54) is 24.3 Å². The van der Waals surface area contributed by atoms with Gasteiger partial charge in [-0.1, -0.05) is 24.3 Å². The summed E-state index contributed by atoms with van der Waals surface area (Å²) in [4.78, 5) is 92.7. The maximum atomic E-state index is 12.7. The number of halogens is 7. The Bertz CT molecular complexity index is 2480. The number of aliphatic hydroxyl groups is 1. The molecule has 0 aliphatic heterocycles. The predicted octanol–water partition coefficient (Wildman–Crippen LogP) is 14.0. The number of aliphatic hydroxyl groups excluding tert-OH is 1. The second kappa shape index (κ2) is 38.1. The van der Waals surface area contributed by atoms with Crippen LogP contribution in [0.5, 0.6) is 17.2 Å². The molecule has 0 saturated heterocycles. The number of carboxylic acids is 2. The third kappa shape index (κ3) is 26.0. The predicted molar refractivity (Wildman–Crippen MR) is 321 cm³/mol. The number of phenolic OH excluding ortho intramolecular Hbond substituents is 2. The van der Waals surface area contributed by atoms with Crippen LogP contribution in [0.1, 0.15) is 150 Å². The first-order chi connectivity index (χ1) is 38.8. The number of methoxy groups -OCH3 is 1. The van der Waals surface area contributed by atoms with Crippen molar-refractivity contribution in [3.05, 3.63) is 125 Å². The molecule has 4 aromatic rings. The molecular formula is C58H66AlCl7O15S. The second-order valence-electron chi connectivity index (χ2n) is 20.0. The highest BCUT2D eigenvalue weighted by Gasteiger charge is 2.33. The van der Waals surface area contributed by atoms with Crippen molar-refractivity contribution in [2.24, 2.45) is 47.3 Å². The molecule has 4 aromatic carbocycles. The number of phenols is 2. The standard InChI is InChI=1S/C22H24O4.C20H20O4.C8H10Cl2O2.C8H12O4.Al.Cl2OS.3ClH/c1-26-20-12-10-19(11-13-20)22(25)18-8-6-17(7-9-18)21(24)16-4-2-15(14-23)3-5-16;21-17-9-5-15(6-10-17)19(23)13-1-2-14(4-3-13)20(24)16-7-11-18(22)12-8-16;9-7(11)5-1-2-6(4-3-5)8(10)12;9-7(10)5-1-2-6(4-3-5)8(11)12;;1-4(2)3;;;/h2-5,10-13,17-18,23H,6-9,14H2,1H3;5-14,21-22H,1-4H2;5-6H,1-4H2;5-6H,1-4H2,(H,9,10)(H,11,12);;;3*1H/q;;;;+3;;;;/p-3. The Labute approximate surface area is 515 Å². The number of Topliss-reactive ketones (excluding diaryl/α,β-unsaturated/α-hetero) is 4. The number of aliphatic carboxylic acids is 2. The monoisotopic (exact) mass is 1310 g/mol. The lowest BCUT2D eigenvalue weighted by Crippen LogP contribution is -2.26. The van der Waals surface area contributed by atoms with Crippen LogP contribution >= 0.6 is 74.7 Å². The van der Waals surface area contributed by atoms with Gasteiger partial charge in [0.15, 0.2) is 23.1 Å². The van der Waals surface area contributed by atoms with E-state index in [2.05, 4.69) is 21.4 Å². The van der Waals surface area contributed by atoms with Crippen molar-refractivity contribution >= 4 is 141 Å².